The summed E-state index contributed by atoms with van der Waals surface area (Å²) in [6, 6.07) is 15.2. The number of amides is 2. The maximum atomic E-state index is 12.0. The van der Waals surface area contributed by atoms with Crippen molar-refractivity contribution in [2.75, 3.05) is 11.9 Å². The van der Waals surface area contributed by atoms with Crippen molar-refractivity contribution < 1.29 is 14.0 Å². The van der Waals surface area contributed by atoms with Crippen molar-refractivity contribution in [2.24, 2.45) is 0 Å². The second-order valence-electron chi connectivity index (χ2n) is 6.27. The van der Waals surface area contributed by atoms with E-state index in [1.54, 1.807) is 12.3 Å². The van der Waals surface area contributed by atoms with E-state index in [1.807, 2.05) is 49.4 Å². The van der Waals surface area contributed by atoms with Crippen LogP contribution in [-0.4, -0.2) is 23.3 Å². The highest BCUT2D eigenvalue weighted by Crippen LogP contribution is 2.21. The van der Waals surface area contributed by atoms with Crippen LogP contribution in [0, 0.1) is 6.92 Å². The molecule has 0 fully saturated rings. The van der Waals surface area contributed by atoms with Gasteiger partial charge in [-0.05, 0) is 30.7 Å². The molecular formula is C21H20BrN3O3. The van der Waals surface area contributed by atoms with Gasteiger partial charge in [-0.3, -0.25) is 9.59 Å². The van der Waals surface area contributed by atoms with E-state index < -0.39 is 0 Å². The molecule has 2 N–H and O–H groups in total. The molecule has 1 aromatic heterocycles. The number of nitrogens with zero attached hydrogens (tertiary/aromatic N) is 1. The third-order valence-corrected chi connectivity index (χ3v) is 4.96. The molecule has 3 rings (SSSR count). The second-order valence-corrected chi connectivity index (χ2v) is 7.13. The highest BCUT2D eigenvalue weighted by Gasteiger charge is 2.10. The molecule has 1 heterocycles. The van der Waals surface area contributed by atoms with Crippen LogP contribution in [0.25, 0.3) is 11.3 Å². The molecule has 0 spiro atoms. The molecule has 28 heavy (non-hydrogen) atoms. The lowest BCUT2D eigenvalue weighted by molar-refractivity contribution is -0.124. The molecule has 0 aliphatic rings. The van der Waals surface area contributed by atoms with Gasteiger partial charge in [-0.2, -0.15) is 0 Å². The molecule has 6 nitrogen and oxygen atoms in total. The lowest BCUT2D eigenvalue weighted by Gasteiger charge is -2.08. The van der Waals surface area contributed by atoms with Gasteiger partial charge >= 0.3 is 0 Å². The van der Waals surface area contributed by atoms with Gasteiger partial charge in [-0.25, -0.2) is 4.98 Å². The molecule has 144 valence electrons. The number of nitrogens with one attached hydrogen (secondary N) is 2. The summed E-state index contributed by atoms with van der Waals surface area (Å²) in [5.41, 5.74) is 2.64. The first-order chi connectivity index (χ1) is 13.5. The van der Waals surface area contributed by atoms with Gasteiger partial charge in [0.2, 0.25) is 11.8 Å². The molecule has 0 unspecified atom stereocenters. The Morgan fingerprint density at radius 1 is 1.11 bits per heavy atom. The van der Waals surface area contributed by atoms with Gasteiger partial charge in [-0.1, -0.05) is 46.3 Å². The zero-order chi connectivity index (χ0) is 19.9. The molecule has 0 radical (unpaired) electrons. The Morgan fingerprint density at radius 3 is 2.64 bits per heavy atom. The van der Waals surface area contributed by atoms with Crippen LogP contribution in [0.4, 0.5) is 5.69 Å². The number of oxazole rings is 1. The first-order valence-corrected chi connectivity index (χ1v) is 9.63. The normalized spacial score (nSPS) is 10.5. The Labute approximate surface area is 171 Å². The Balaban J connectivity index is 1.42. The van der Waals surface area contributed by atoms with Gasteiger partial charge in [0.05, 0.1) is 12.7 Å². The first kappa shape index (κ1) is 19.8. The van der Waals surface area contributed by atoms with Crippen LogP contribution in [-0.2, 0) is 16.0 Å². The summed E-state index contributed by atoms with van der Waals surface area (Å²) in [4.78, 5) is 28.2. The monoisotopic (exact) mass is 441 g/mol. The topological polar surface area (TPSA) is 84.2 Å². The molecule has 0 atom stereocenters. The molecule has 0 saturated heterocycles. The smallest absolute Gasteiger partial charge is 0.243 e. The van der Waals surface area contributed by atoms with E-state index >= 15 is 0 Å². The quantitative estimate of drug-likeness (QED) is 0.577. The van der Waals surface area contributed by atoms with Crippen LogP contribution in [0.5, 0.6) is 0 Å². The third-order valence-electron chi connectivity index (χ3n) is 4.07. The minimum atomic E-state index is -0.280. The summed E-state index contributed by atoms with van der Waals surface area (Å²) in [6.45, 7) is 1.85. The van der Waals surface area contributed by atoms with Crippen molar-refractivity contribution in [1.82, 2.24) is 10.3 Å². The number of rotatable bonds is 7. The maximum absolute atomic E-state index is 12.0. The molecule has 3 aromatic rings. The van der Waals surface area contributed by atoms with Crippen molar-refractivity contribution in [3.8, 4) is 11.3 Å². The Bertz CT molecular complexity index is 970. The predicted molar refractivity (Wildman–Crippen MR) is 111 cm³/mol. The van der Waals surface area contributed by atoms with Gasteiger partial charge in [0.1, 0.15) is 0 Å². The second kappa shape index (κ2) is 9.32. The number of aromatic nitrogens is 1. The standard InChI is InChI=1S/C21H20BrN3O3/c1-14-11-16(7-8-17(14)22)25-20(27)13-23-19(26)9-10-21-24-12-18(28-21)15-5-3-2-4-6-15/h2-8,11-12H,9-10,13H2,1H3,(H,23,26)(H,25,27). The fourth-order valence-electron chi connectivity index (χ4n) is 2.58. The summed E-state index contributed by atoms with van der Waals surface area (Å²) in [6.07, 6.45) is 2.21. The van der Waals surface area contributed by atoms with Gasteiger partial charge in [-0.15, -0.1) is 0 Å². The summed E-state index contributed by atoms with van der Waals surface area (Å²) in [5.74, 6) is 0.642. The average Bonchev–Trinajstić information content (AvgIpc) is 3.17. The fourth-order valence-corrected chi connectivity index (χ4v) is 2.82. The molecule has 0 bridgehead atoms. The van der Waals surface area contributed by atoms with E-state index in [9.17, 15) is 9.59 Å². The summed E-state index contributed by atoms with van der Waals surface area (Å²) in [7, 11) is 0. The highest BCUT2D eigenvalue weighted by atomic mass is 79.9. The molecule has 0 aliphatic heterocycles. The van der Waals surface area contributed by atoms with Crippen molar-refractivity contribution in [3.05, 3.63) is 70.7 Å². The Kier molecular flexibility index (Phi) is 6.60. The first-order valence-electron chi connectivity index (χ1n) is 8.84. The number of hydrogen-bond donors (Lipinski definition) is 2. The van der Waals surface area contributed by atoms with E-state index in [-0.39, 0.29) is 24.8 Å². The van der Waals surface area contributed by atoms with Gasteiger partial charge in [0.15, 0.2) is 11.7 Å². The van der Waals surface area contributed by atoms with Gasteiger partial charge < -0.3 is 15.1 Å². The lowest BCUT2D eigenvalue weighted by atomic mass is 10.2. The predicted octanol–water partition coefficient (Wildman–Crippen LogP) is 4.10. The number of halogens is 1. The van der Waals surface area contributed by atoms with Crippen LogP contribution in [0.15, 0.2) is 63.6 Å². The van der Waals surface area contributed by atoms with E-state index in [1.165, 1.54) is 0 Å². The number of benzene rings is 2. The molecule has 2 aromatic carbocycles. The molecule has 7 heteroatoms. The van der Waals surface area contributed by atoms with Crippen molar-refractivity contribution in [1.29, 1.82) is 0 Å². The van der Waals surface area contributed by atoms with E-state index in [2.05, 4.69) is 31.5 Å². The number of carbonyl (C=O) groups is 2. The lowest BCUT2D eigenvalue weighted by Crippen LogP contribution is -2.33. The van der Waals surface area contributed by atoms with Crippen LogP contribution in [0.3, 0.4) is 0 Å². The third kappa shape index (κ3) is 5.53. The van der Waals surface area contributed by atoms with Crippen LogP contribution in [0.1, 0.15) is 17.9 Å². The zero-order valence-corrected chi connectivity index (χ0v) is 17.0. The number of aryl methyl sites for hydroxylation is 2. The largest absolute Gasteiger partial charge is 0.441 e. The minimum absolute atomic E-state index is 0.0885. The van der Waals surface area contributed by atoms with Crippen molar-refractivity contribution in [2.45, 2.75) is 19.8 Å². The SMILES string of the molecule is Cc1cc(NC(=O)CNC(=O)CCc2ncc(-c3ccccc3)o2)ccc1Br. The Morgan fingerprint density at radius 2 is 1.89 bits per heavy atom. The van der Waals surface area contributed by atoms with E-state index in [0.717, 1.165) is 15.6 Å². The Hall–Kier alpha value is -2.93. The van der Waals surface area contributed by atoms with E-state index in [0.29, 0.717) is 23.8 Å². The van der Waals surface area contributed by atoms with E-state index in [4.69, 9.17) is 4.42 Å². The van der Waals surface area contributed by atoms with Crippen LogP contribution < -0.4 is 10.6 Å². The summed E-state index contributed by atoms with van der Waals surface area (Å²) < 4.78 is 6.64. The molecule has 0 saturated carbocycles. The van der Waals surface area contributed by atoms with Crippen molar-refractivity contribution in [3.63, 3.8) is 0 Å². The van der Waals surface area contributed by atoms with Crippen molar-refractivity contribution >= 4 is 33.4 Å². The molecular weight excluding hydrogens is 422 g/mol. The molecule has 2 amide bonds. The number of anilines is 1. The number of hydrogen-bond acceptors (Lipinski definition) is 4. The summed E-state index contributed by atoms with van der Waals surface area (Å²) >= 11 is 3.41. The fraction of sp³-hybridized carbons (Fsp3) is 0.190. The summed E-state index contributed by atoms with van der Waals surface area (Å²) in [5, 5.41) is 5.36. The zero-order valence-electron chi connectivity index (χ0n) is 15.4. The molecule has 0 aliphatic carbocycles. The average molecular weight is 442 g/mol. The van der Waals surface area contributed by atoms with Crippen LogP contribution >= 0.6 is 15.9 Å². The van der Waals surface area contributed by atoms with Crippen LogP contribution in [0.2, 0.25) is 0 Å². The minimum Gasteiger partial charge on any atom is -0.441 e. The highest BCUT2D eigenvalue weighted by molar-refractivity contribution is 9.10. The van der Waals surface area contributed by atoms with Gasteiger partial charge in [0.25, 0.3) is 0 Å². The van der Waals surface area contributed by atoms with Gasteiger partial charge in [0, 0.05) is 28.6 Å². The number of carbonyl (C=O) groups excluding carboxylic acids is 2. The maximum Gasteiger partial charge on any atom is 0.243 e.